The topological polar surface area (TPSA) is 149 Å². The van der Waals surface area contributed by atoms with Gasteiger partial charge in [-0.25, -0.2) is 0 Å². The summed E-state index contributed by atoms with van der Waals surface area (Å²) in [5.74, 6) is -12.8. The van der Waals surface area contributed by atoms with Gasteiger partial charge < -0.3 is 20.4 Å². The summed E-state index contributed by atoms with van der Waals surface area (Å²) in [6.07, 6.45) is 1.41. The summed E-state index contributed by atoms with van der Waals surface area (Å²) < 4.78 is 0. The minimum Gasteiger partial charge on any atom is -0.481 e. The molecule has 1 fully saturated rings. The van der Waals surface area contributed by atoms with Gasteiger partial charge in [-0.05, 0) is 6.92 Å². The molecule has 120 valence electrons. The van der Waals surface area contributed by atoms with E-state index in [0.29, 0.717) is 5.57 Å². The zero-order chi connectivity index (χ0) is 17.0. The molecule has 8 heteroatoms. The van der Waals surface area contributed by atoms with E-state index in [4.69, 9.17) is 0 Å². The van der Waals surface area contributed by atoms with Gasteiger partial charge in [0.25, 0.3) is 0 Å². The van der Waals surface area contributed by atoms with E-state index in [1.165, 1.54) is 19.9 Å². The fourth-order valence-electron chi connectivity index (χ4n) is 4.21. The molecular formula is C14H16O8. The van der Waals surface area contributed by atoms with Crippen LogP contribution in [0.5, 0.6) is 0 Å². The van der Waals surface area contributed by atoms with Crippen molar-refractivity contribution < 1.29 is 39.6 Å². The first-order valence-electron chi connectivity index (χ1n) is 6.65. The quantitative estimate of drug-likeness (QED) is 0.544. The van der Waals surface area contributed by atoms with Gasteiger partial charge in [0.15, 0.2) is 0 Å². The molecular weight excluding hydrogens is 296 g/mol. The van der Waals surface area contributed by atoms with Crippen molar-refractivity contribution in [3.05, 3.63) is 11.6 Å². The number of rotatable bonds is 4. The predicted octanol–water partition coefficient (Wildman–Crippen LogP) is 0.386. The van der Waals surface area contributed by atoms with Crippen LogP contribution in [-0.2, 0) is 19.2 Å². The van der Waals surface area contributed by atoms with Crippen molar-refractivity contribution >= 4 is 23.9 Å². The largest absolute Gasteiger partial charge is 0.481 e. The minimum atomic E-state index is -1.57. The lowest BCUT2D eigenvalue weighted by atomic mass is 9.44. The molecule has 1 saturated carbocycles. The molecule has 2 bridgehead atoms. The van der Waals surface area contributed by atoms with Crippen LogP contribution in [0.25, 0.3) is 0 Å². The lowest BCUT2D eigenvalue weighted by Crippen LogP contribution is -2.63. The van der Waals surface area contributed by atoms with Crippen LogP contribution in [0.1, 0.15) is 13.8 Å². The van der Waals surface area contributed by atoms with Gasteiger partial charge in [0.2, 0.25) is 0 Å². The average molecular weight is 312 g/mol. The van der Waals surface area contributed by atoms with Crippen LogP contribution >= 0.6 is 0 Å². The monoisotopic (exact) mass is 312 g/mol. The van der Waals surface area contributed by atoms with Gasteiger partial charge in [-0.15, -0.1) is 0 Å². The summed E-state index contributed by atoms with van der Waals surface area (Å²) in [5, 5.41) is 37.7. The van der Waals surface area contributed by atoms with E-state index in [9.17, 15) is 39.6 Å². The number of allylic oxidation sites excluding steroid dienone is 2. The summed E-state index contributed by atoms with van der Waals surface area (Å²) in [4.78, 5) is 46.3. The van der Waals surface area contributed by atoms with Crippen LogP contribution in [0.15, 0.2) is 11.6 Å². The van der Waals surface area contributed by atoms with Gasteiger partial charge in [0, 0.05) is 11.3 Å². The Morgan fingerprint density at radius 3 is 1.50 bits per heavy atom. The van der Waals surface area contributed by atoms with Gasteiger partial charge in [-0.3, -0.25) is 19.2 Å². The molecule has 0 radical (unpaired) electrons. The van der Waals surface area contributed by atoms with Crippen LogP contribution in [0.3, 0.4) is 0 Å². The number of carbonyl (C=O) groups is 4. The molecule has 22 heavy (non-hydrogen) atoms. The fraction of sp³-hybridized carbons (Fsp3) is 0.571. The van der Waals surface area contributed by atoms with Crippen LogP contribution in [0.4, 0.5) is 0 Å². The van der Waals surface area contributed by atoms with Crippen molar-refractivity contribution in [1.82, 2.24) is 0 Å². The molecule has 4 unspecified atom stereocenters. The third-order valence-electron chi connectivity index (χ3n) is 5.23. The molecule has 3 aliphatic carbocycles. The van der Waals surface area contributed by atoms with Gasteiger partial charge in [-0.1, -0.05) is 18.6 Å². The molecule has 0 aliphatic heterocycles. The van der Waals surface area contributed by atoms with E-state index in [1.807, 2.05) is 0 Å². The number of hydrogen-bond donors (Lipinski definition) is 4. The molecule has 0 aromatic heterocycles. The second kappa shape index (κ2) is 4.82. The zero-order valence-electron chi connectivity index (χ0n) is 11.9. The Morgan fingerprint density at radius 1 is 0.864 bits per heavy atom. The normalized spacial score (nSPS) is 39.9. The van der Waals surface area contributed by atoms with E-state index < -0.39 is 58.9 Å². The van der Waals surface area contributed by atoms with Crippen molar-refractivity contribution in [1.29, 1.82) is 0 Å². The molecule has 0 saturated heterocycles. The summed E-state index contributed by atoms with van der Waals surface area (Å²) in [6.45, 7) is 2.85. The summed E-state index contributed by atoms with van der Waals surface area (Å²) in [6, 6.07) is 0. The Labute approximate surface area is 125 Å². The highest BCUT2D eigenvalue weighted by molar-refractivity contribution is 5.89. The second-order valence-electron chi connectivity index (χ2n) is 6.07. The molecule has 3 aliphatic rings. The van der Waals surface area contributed by atoms with E-state index in [1.54, 1.807) is 0 Å². The van der Waals surface area contributed by atoms with E-state index >= 15 is 0 Å². The molecule has 3 rings (SSSR count). The maximum absolute atomic E-state index is 11.6. The van der Waals surface area contributed by atoms with Crippen molar-refractivity contribution in [2.24, 2.45) is 35.0 Å². The van der Waals surface area contributed by atoms with Crippen LogP contribution < -0.4 is 0 Å². The zero-order valence-corrected chi connectivity index (χ0v) is 11.9. The molecule has 0 heterocycles. The summed E-state index contributed by atoms with van der Waals surface area (Å²) in [7, 11) is 0. The minimum absolute atomic E-state index is 0.410. The first-order chi connectivity index (χ1) is 10.0. The molecule has 0 spiro atoms. The van der Waals surface area contributed by atoms with Crippen molar-refractivity contribution in [2.75, 3.05) is 0 Å². The van der Waals surface area contributed by atoms with Crippen molar-refractivity contribution in [3.63, 3.8) is 0 Å². The van der Waals surface area contributed by atoms with Crippen molar-refractivity contribution in [2.45, 2.75) is 13.8 Å². The Bertz CT molecular complexity index is 564. The number of aliphatic carboxylic acids is 4. The van der Waals surface area contributed by atoms with E-state index in [0.717, 1.165) is 0 Å². The summed E-state index contributed by atoms with van der Waals surface area (Å²) in [5.41, 5.74) is -1.16. The third-order valence-corrected chi connectivity index (χ3v) is 5.23. The highest BCUT2D eigenvalue weighted by Gasteiger charge is 2.68. The fourth-order valence-corrected chi connectivity index (χ4v) is 4.21. The average Bonchev–Trinajstić information content (AvgIpc) is 2.36. The number of fused-ring (bicyclic) bond motifs is 2. The molecule has 0 aromatic rings. The van der Waals surface area contributed by atoms with E-state index in [2.05, 4.69) is 0 Å². The Hall–Kier alpha value is -2.38. The lowest BCUT2D eigenvalue weighted by molar-refractivity contribution is -0.188. The SMILES string of the molecule is CC1=CC2C(C(=O)O)C(C(=O)O)C1(C)C(C(=O)O)C2C(=O)O. The van der Waals surface area contributed by atoms with Crippen LogP contribution in [0.2, 0.25) is 0 Å². The van der Waals surface area contributed by atoms with Gasteiger partial charge in [0.1, 0.15) is 0 Å². The first kappa shape index (κ1) is 16.0. The van der Waals surface area contributed by atoms with Gasteiger partial charge in [0.05, 0.1) is 23.7 Å². The molecule has 0 aromatic carbocycles. The smallest absolute Gasteiger partial charge is 0.308 e. The number of carboxylic acid groups (broad SMARTS) is 4. The Kier molecular flexibility index (Phi) is 3.51. The molecule has 8 nitrogen and oxygen atoms in total. The molecule has 4 atom stereocenters. The second-order valence-corrected chi connectivity index (χ2v) is 6.07. The van der Waals surface area contributed by atoms with Gasteiger partial charge >= 0.3 is 23.9 Å². The third kappa shape index (κ3) is 1.83. The highest BCUT2D eigenvalue weighted by atomic mass is 16.4. The maximum atomic E-state index is 11.6. The van der Waals surface area contributed by atoms with Crippen LogP contribution in [0, 0.1) is 35.0 Å². The van der Waals surface area contributed by atoms with Crippen LogP contribution in [-0.4, -0.2) is 44.3 Å². The standard InChI is InChI=1S/C14H16O8/c1-4-3-5-6(10(15)16)8(12(19)20)14(4,2)9(13(21)22)7(5)11(17)18/h3,5-9H,1-2H3,(H,15,16)(H,17,18)(H,19,20)(H,21,22). The molecule has 4 N–H and O–H groups in total. The highest BCUT2D eigenvalue weighted by Crippen LogP contribution is 2.61. The maximum Gasteiger partial charge on any atom is 0.308 e. The Balaban J connectivity index is 2.77. The molecule has 0 amide bonds. The number of hydrogen-bond acceptors (Lipinski definition) is 4. The lowest BCUT2D eigenvalue weighted by Gasteiger charge is -2.56. The summed E-state index contributed by atoms with van der Waals surface area (Å²) >= 11 is 0. The number of carboxylic acids is 4. The van der Waals surface area contributed by atoms with E-state index in [-0.39, 0.29) is 0 Å². The van der Waals surface area contributed by atoms with Crippen molar-refractivity contribution in [3.8, 4) is 0 Å². The van der Waals surface area contributed by atoms with Gasteiger partial charge in [-0.2, -0.15) is 0 Å². The Morgan fingerprint density at radius 2 is 1.23 bits per heavy atom. The predicted molar refractivity (Wildman–Crippen MR) is 69.9 cm³/mol. The first-order valence-corrected chi connectivity index (χ1v) is 6.65.